The van der Waals surface area contributed by atoms with Crippen molar-refractivity contribution in [3.05, 3.63) is 54.1 Å². The number of carbonyl (C=O) groups excluding carboxylic acids is 2. The van der Waals surface area contributed by atoms with Gasteiger partial charge < -0.3 is 9.47 Å². The Hall–Kier alpha value is -2.62. The van der Waals surface area contributed by atoms with Gasteiger partial charge in [-0.05, 0) is 54.2 Å². The SMILES string of the molecule is CCCCCCCCCCCCC(=O)Oc1ccc(-c2ccc(C(=O)OCCC(C)C)cc2)cc1. The highest BCUT2D eigenvalue weighted by Crippen LogP contribution is 2.23. The second-order valence-electron chi connectivity index (χ2n) is 9.83. The van der Waals surface area contributed by atoms with Gasteiger partial charge in [-0.2, -0.15) is 0 Å². The summed E-state index contributed by atoms with van der Waals surface area (Å²) >= 11 is 0. The molecule has 0 aliphatic rings. The molecule has 0 atom stereocenters. The van der Waals surface area contributed by atoms with Crippen LogP contribution < -0.4 is 4.74 Å². The van der Waals surface area contributed by atoms with Crippen LogP contribution in [0.3, 0.4) is 0 Å². The van der Waals surface area contributed by atoms with Gasteiger partial charge >= 0.3 is 11.9 Å². The number of benzene rings is 2. The zero-order chi connectivity index (χ0) is 25.3. The van der Waals surface area contributed by atoms with E-state index in [2.05, 4.69) is 20.8 Å². The topological polar surface area (TPSA) is 52.6 Å². The summed E-state index contributed by atoms with van der Waals surface area (Å²) in [7, 11) is 0. The Morgan fingerprint density at radius 2 is 1.23 bits per heavy atom. The van der Waals surface area contributed by atoms with Crippen LogP contribution in [-0.4, -0.2) is 18.5 Å². The molecule has 0 fully saturated rings. The van der Waals surface area contributed by atoms with Crippen LogP contribution in [0.5, 0.6) is 5.75 Å². The Labute approximate surface area is 212 Å². The Bertz CT molecular complexity index is 853. The minimum Gasteiger partial charge on any atom is -0.462 e. The highest BCUT2D eigenvalue weighted by atomic mass is 16.5. The predicted molar refractivity (Wildman–Crippen MR) is 144 cm³/mol. The fourth-order valence-corrected chi connectivity index (χ4v) is 3.92. The molecule has 0 aromatic heterocycles. The molecule has 192 valence electrons. The third-order valence-corrected chi connectivity index (χ3v) is 6.20. The number of rotatable bonds is 17. The van der Waals surface area contributed by atoms with E-state index in [9.17, 15) is 9.59 Å². The third-order valence-electron chi connectivity index (χ3n) is 6.20. The first kappa shape index (κ1) is 28.6. The van der Waals surface area contributed by atoms with Crippen LogP contribution in [0.1, 0.15) is 108 Å². The van der Waals surface area contributed by atoms with Crippen molar-refractivity contribution in [2.24, 2.45) is 5.92 Å². The molecule has 0 amide bonds. The van der Waals surface area contributed by atoms with Gasteiger partial charge in [0.15, 0.2) is 0 Å². The molecule has 0 saturated carbocycles. The van der Waals surface area contributed by atoms with E-state index in [0.717, 1.165) is 30.4 Å². The lowest BCUT2D eigenvalue weighted by Gasteiger charge is -2.08. The summed E-state index contributed by atoms with van der Waals surface area (Å²) in [5.74, 6) is 0.614. The van der Waals surface area contributed by atoms with Crippen LogP contribution in [0, 0.1) is 5.92 Å². The molecular formula is C31H44O4. The molecule has 0 heterocycles. The first-order chi connectivity index (χ1) is 17.0. The van der Waals surface area contributed by atoms with E-state index in [0.29, 0.717) is 30.3 Å². The molecule has 2 rings (SSSR count). The Kier molecular flexibility index (Phi) is 13.8. The van der Waals surface area contributed by atoms with E-state index in [1.165, 1.54) is 51.4 Å². The van der Waals surface area contributed by atoms with Crippen molar-refractivity contribution in [2.45, 2.75) is 97.8 Å². The summed E-state index contributed by atoms with van der Waals surface area (Å²) in [5.41, 5.74) is 2.54. The van der Waals surface area contributed by atoms with Crippen molar-refractivity contribution in [1.29, 1.82) is 0 Å². The molecule has 4 heteroatoms. The van der Waals surface area contributed by atoms with Crippen molar-refractivity contribution < 1.29 is 19.1 Å². The van der Waals surface area contributed by atoms with Crippen molar-refractivity contribution in [1.82, 2.24) is 0 Å². The Morgan fingerprint density at radius 1 is 0.714 bits per heavy atom. The lowest BCUT2D eigenvalue weighted by Crippen LogP contribution is -2.08. The van der Waals surface area contributed by atoms with Gasteiger partial charge in [0.1, 0.15) is 5.75 Å². The average molecular weight is 481 g/mol. The number of hydrogen-bond acceptors (Lipinski definition) is 4. The standard InChI is InChI=1S/C31H44O4/c1-4-5-6-7-8-9-10-11-12-13-14-30(32)35-29-21-19-27(20-22-29)26-15-17-28(18-16-26)31(33)34-24-23-25(2)3/h15-22,25H,4-14,23-24H2,1-3H3. The zero-order valence-corrected chi connectivity index (χ0v) is 22.0. The maximum absolute atomic E-state index is 12.2. The quantitative estimate of drug-likeness (QED) is 0.129. The molecule has 0 bridgehead atoms. The largest absolute Gasteiger partial charge is 0.462 e. The van der Waals surface area contributed by atoms with Gasteiger partial charge in [0.05, 0.1) is 12.2 Å². The smallest absolute Gasteiger partial charge is 0.338 e. The van der Waals surface area contributed by atoms with Crippen LogP contribution in [0.4, 0.5) is 0 Å². The lowest BCUT2D eigenvalue weighted by molar-refractivity contribution is -0.134. The van der Waals surface area contributed by atoms with E-state index in [-0.39, 0.29) is 11.9 Å². The Balaban J connectivity index is 1.67. The van der Waals surface area contributed by atoms with E-state index >= 15 is 0 Å². The Morgan fingerprint density at radius 3 is 1.77 bits per heavy atom. The number of carbonyl (C=O) groups is 2. The van der Waals surface area contributed by atoms with Gasteiger partial charge in [0.2, 0.25) is 0 Å². The average Bonchev–Trinajstić information content (AvgIpc) is 2.85. The fraction of sp³-hybridized carbons (Fsp3) is 0.548. The monoisotopic (exact) mass is 480 g/mol. The molecule has 0 N–H and O–H groups in total. The number of ether oxygens (including phenoxy) is 2. The summed E-state index contributed by atoms with van der Waals surface area (Å²) in [4.78, 5) is 24.3. The molecule has 0 aliphatic heterocycles. The van der Waals surface area contributed by atoms with E-state index in [1.54, 1.807) is 12.1 Å². The van der Waals surface area contributed by atoms with Crippen molar-refractivity contribution in [3.8, 4) is 16.9 Å². The normalized spacial score (nSPS) is 11.0. The summed E-state index contributed by atoms with van der Waals surface area (Å²) in [6.07, 6.45) is 13.8. The molecule has 0 unspecified atom stereocenters. The van der Waals surface area contributed by atoms with E-state index in [4.69, 9.17) is 9.47 Å². The minimum atomic E-state index is -0.290. The fourth-order valence-electron chi connectivity index (χ4n) is 3.92. The van der Waals surface area contributed by atoms with Crippen LogP contribution in [0.25, 0.3) is 11.1 Å². The van der Waals surface area contributed by atoms with E-state index < -0.39 is 0 Å². The highest BCUT2D eigenvalue weighted by Gasteiger charge is 2.09. The van der Waals surface area contributed by atoms with Crippen LogP contribution >= 0.6 is 0 Å². The zero-order valence-electron chi connectivity index (χ0n) is 22.0. The highest BCUT2D eigenvalue weighted by molar-refractivity contribution is 5.90. The summed E-state index contributed by atoms with van der Waals surface area (Å²) in [5, 5.41) is 0. The maximum atomic E-state index is 12.2. The molecular weight excluding hydrogens is 436 g/mol. The molecule has 0 aliphatic carbocycles. The minimum absolute atomic E-state index is 0.169. The second-order valence-corrected chi connectivity index (χ2v) is 9.83. The van der Waals surface area contributed by atoms with Gasteiger partial charge in [-0.1, -0.05) is 103 Å². The van der Waals surface area contributed by atoms with Gasteiger partial charge in [-0.25, -0.2) is 4.79 Å². The number of unbranched alkanes of at least 4 members (excludes halogenated alkanes) is 9. The van der Waals surface area contributed by atoms with Crippen molar-refractivity contribution in [2.75, 3.05) is 6.61 Å². The molecule has 0 spiro atoms. The van der Waals surface area contributed by atoms with Gasteiger partial charge in [-0.15, -0.1) is 0 Å². The summed E-state index contributed by atoms with van der Waals surface area (Å²) in [6, 6.07) is 14.9. The summed E-state index contributed by atoms with van der Waals surface area (Å²) in [6.45, 7) is 6.90. The predicted octanol–water partition coefficient (Wildman–Crippen LogP) is 8.77. The lowest BCUT2D eigenvalue weighted by atomic mass is 10.0. The van der Waals surface area contributed by atoms with Crippen molar-refractivity contribution >= 4 is 11.9 Å². The summed E-state index contributed by atoms with van der Waals surface area (Å²) < 4.78 is 10.8. The number of esters is 2. The van der Waals surface area contributed by atoms with Gasteiger partial charge in [0, 0.05) is 6.42 Å². The molecule has 0 radical (unpaired) electrons. The van der Waals surface area contributed by atoms with Gasteiger partial charge in [-0.3, -0.25) is 4.79 Å². The van der Waals surface area contributed by atoms with Crippen LogP contribution in [0.15, 0.2) is 48.5 Å². The van der Waals surface area contributed by atoms with Crippen LogP contribution in [0.2, 0.25) is 0 Å². The molecule has 4 nitrogen and oxygen atoms in total. The van der Waals surface area contributed by atoms with Gasteiger partial charge in [0.25, 0.3) is 0 Å². The molecule has 0 saturated heterocycles. The first-order valence-corrected chi connectivity index (χ1v) is 13.6. The molecule has 2 aromatic carbocycles. The van der Waals surface area contributed by atoms with E-state index in [1.807, 2.05) is 36.4 Å². The van der Waals surface area contributed by atoms with Crippen molar-refractivity contribution in [3.63, 3.8) is 0 Å². The molecule has 2 aromatic rings. The first-order valence-electron chi connectivity index (χ1n) is 13.6. The number of hydrogen-bond donors (Lipinski definition) is 0. The van der Waals surface area contributed by atoms with Crippen LogP contribution in [-0.2, 0) is 9.53 Å². The maximum Gasteiger partial charge on any atom is 0.338 e. The molecule has 35 heavy (non-hydrogen) atoms. The second kappa shape index (κ2) is 16.9. The third kappa shape index (κ3) is 12.1.